The van der Waals surface area contributed by atoms with Gasteiger partial charge in [-0.15, -0.1) is 0 Å². The van der Waals surface area contributed by atoms with Crippen molar-refractivity contribution in [1.82, 2.24) is 9.78 Å². The molecule has 1 heterocycles. The molecule has 0 spiro atoms. The molecule has 0 atom stereocenters. The number of hydrogen-bond donors (Lipinski definition) is 1. The van der Waals surface area contributed by atoms with Crippen LogP contribution in [0.2, 0.25) is 0 Å². The number of aromatic nitrogens is 2. The van der Waals surface area contributed by atoms with Crippen LogP contribution in [0.4, 0.5) is 0 Å². The van der Waals surface area contributed by atoms with E-state index >= 15 is 0 Å². The van der Waals surface area contributed by atoms with Crippen molar-refractivity contribution in [1.29, 1.82) is 0 Å². The second-order valence-electron chi connectivity index (χ2n) is 4.66. The van der Waals surface area contributed by atoms with Crippen molar-refractivity contribution in [2.45, 2.75) is 20.3 Å². The lowest BCUT2D eigenvalue weighted by Crippen LogP contribution is -2.27. The first kappa shape index (κ1) is 14.8. The van der Waals surface area contributed by atoms with E-state index in [1.165, 1.54) is 10.7 Å². The number of aryl methyl sites for hydroxylation is 1. The number of nitrogens with two attached hydrogens (primary N) is 1. The molecule has 21 heavy (non-hydrogen) atoms. The molecule has 6 heteroatoms. The largest absolute Gasteiger partial charge is 0.478 e. The highest BCUT2D eigenvalue weighted by Gasteiger charge is 2.14. The number of rotatable bonds is 5. The summed E-state index contributed by atoms with van der Waals surface area (Å²) in [4.78, 5) is 23.1. The molecule has 2 rings (SSSR count). The minimum absolute atomic E-state index is 0.288. The Morgan fingerprint density at radius 1 is 1.33 bits per heavy atom. The van der Waals surface area contributed by atoms with Gasteiger partial charge in [0.2, 0.25) is 11.3 Å². The van der Waals surface area contributed by atoms with E-state index in [1.54, 1.807) is 0 Å². The van der Waals surface area contributed by atoms with Crippen LogP contribution in [-0.2, 0) is 0 Å². The van der Waals surface area contributed by atoms with Crippen molar-refractivity contribution in [2.75, 3.05) is 6.61 Å². The fourth-order valence-electron chi connectivity index (χ4n) is 1.79. The topological polar surface area (TPSA) is 87.2 Å². The van der Waals surface area contributed by atoms with Gasteiger partial charge in [0.1, 0.15) is 0 Å². The Balaban J connectivity index is 2.59. The molecule has 0 aliphatic heterocycles. The van der Waals surface area contributed by atoms with Crippen LogP contribution in [0.5, 0.6) is 5.88 Å². The van der Waals surface area contributed by atoms with Crippen LogP contribution in [0.15, 0.2) is 35.1 Å². The molecule has 2 aromatic rings. The highest BCUT2D eigenvalue weighted by Crippen LogP contribution is 2.16. The molecular formula is C15H17N3O3. The first-order chi connectivity index (χ1) is 10.0. The van der Waals surface area contributed by atoms with Crippen molar-refractivity contribution in [3.05, 3.63) is 51.8 Å². The van der Waals surface area contributed by atoms with E-state index in [2.05, 4.69) is 5.10 Å². The lowest BCUT2D eigenvalue weighted by Gasteiger charge is -2.13. The number of amides is 1. The zero-order chi connectivity index (χ0) is 15.4. The minimum Gasteiger partial charge on any atom is -0.478 e. The maximum absolute atomic E-state index is 11.8. The fraction of sp³-hybridized carbons (Fsp3) is 0.267. The molecule has 0 aliphatic carbocycles. The van der Waals surface area contributed by atoms with E-state index in [9.17, 15) is 9.59 Å². The first-order valence-electron chi connectivity index (χ1n) is 6.67. The highest BCUT2D eigenvalue weighted by molar-refractivity contribution is 5.90. The Labute approximate surface area is 122 Å². The maximum atomic E-state index is 11.8. The quantitative estimate of drug-likeness (QED) is 0.901. The highest BCUT2D eigenvalue weighted by atomic mass is 16.5. The summed E-state index contributed by atoms with van der Waals surface area (Å²) in [6.07, 6.45) is 0.791. The van der Waals surface area contributed by atoms with E-state index in [0.29, 0.717) is 12.3 Å². The van der Waals surface area contributed by atoms with Crippen LogP contribution in [0.25, 0.3) is 5.69 Å². The number of ether oxygens (including phenoxy) is 1. The van der Waals surface area contributed by atoms with E-state index < -0.39 is 11.3 Å². The third-order valence-electron chi connectivity index (χ3n) is 2.86. The van der Waals surface area contributed by atoms with Crippen LogP contribution in [-0.4, -0.2) is 22.3 Å². The molecule has 0 saturated heterocycles. The zero-order valence-corrected chi connectivity index (χ0v) is 12.0. The number of hydrogen-bond acceptors (Lipinski definition) is 4. The van der Waals surface area contributed by atoms with Crippen molar-refractivity contribution in [3.8, 4) is 11.6 Å². The molecule has 6 nitrogen and oxygen atoms in total. The second kappa shape index (κ2) is 6.21. The number of carbonyl (C=O) groups is 1. The number of nitrogens with zero attached hydrogens (tertiary/aromatic N) is 2. The summed E-state index contributed by atoms with van der Waals surface area (Å²) in [5.41, 5.74) is 6.11. The molecule has 1 amide bonds. The van der Waals surface area contributed by atoms with Crippen molar-refractivity contribution in [2.24, 2.45) is 5.73 Å². The summed E-state index contributed by atoms with van der Waals surface area (Å²) in [7, 11) is 0. The molecule has 2 N–H and O–H groups in total. The van der Waals surface area contributed by atoms with Gasteiger partial charge in [-0.05, 0) is 25.5 Å². The van der Waals surface area contributed by atoms with Gasteiger partial charge in [-0.3, -0.25) is 9.59 Å². The lowest BCUT2D eigenvalue weighted by molar-refractivity contribution is 0.0992. The molecule has 110 valence electrons. The Morgan fingerprint density at radius 2 is 2.00 bits per heavy atom. The summed E-state index contributed by atoms with van der Waals surface area (Å²) >= 11 is 0. The summed E-state index contributed by atoms with van der Waals surface area (Å²) in [6.45, 7) is 4.37. The van der Waals surface area contributed by atoms with Crippen LogP contribution in [0.3, 0.4) is 0 Å². The van der Waals surface area contributed by atoms with Gasteiger partial charge < -0.3 is 10.5 Å². The van der Waals surface area contributed by atoms with E-state index in [1.807, 2.05) is 38.1 Å². The van der Waals surface area contributed by atoms with E-state index in [-0.39, 0.29) is 11.6 Å². The summed E-state index contributed by atoms with van der Waals surface area (Å²) in [5, 5.41) is 4.03. The molecule has 0 saturated carbocycles. The van der Waals surface area contributed by atoms with Gasteiger partial charge in [-0.2, -0.15) is 5.10 Å². The average molecular weight is 287 g/mol. The smallest absolute Gasteiger partial charge is 0.273 e. The minimum atomic E-state index is -0.858. The van der Waals surface area contributed by atoms with Crippen LogP contribution in [0, 0.1) is 6.92 Å². The molecule has 1 aromatic heterocycles. The zero-order valence-electron chi connectivity index (χ0n) is 12.0. The first-order valence-corrected chi connectivity index (χ1v) is 6.67. The third-order valence-corrected chi connectivity index (χ3v) is 2.86. The summed E-state index contributed by atoms with van der Waals surface area (Å²) in [6, 6.07) is 8.71. The Hall–Kier alpha value is -2.63. The molecular weight excluding hydrogens is 270 g/mol. The lowest BCUT2D eigenvalue weighted by atomic mass is 10.2. The van der Waals surface area contributed by atoms with Crippen molar-refractivity contribution >= 4 is 5.91 Å². The van der Waals surface area contributed by atoms with Crippen molar-refractivity contribution in [3.63, 3.8) is 0 Å². The van der Waals surface area contributed by atoms with Gasteiger partial charge in [-0.1, -0.05) is 24.6 Å². The average Bonchev–Trinajstić information content (AvgIpc) is 2.46. The molecule has 1 aromatic carbocycles. The fourth-order valence-corrected chi connectivity index (χ4v) is 1.79. The number of benzene rings is 1. The van der Waals surface area contributed by atoms with Crippen molar-refractivity contribution < 1.29 is 9.53 Å². The predicted molar refractivity (Wildman–Crippen MR) is 78.9 cm³/mol. The van der Waals surface area contributed by atoms with Gasteiger partial charge in [0.25, 0.3) is 5.91 Å². The predicted octanol–water partition coefficient (Wildman–Crippen LogP) is 1.43. The molecule has 0 radical (unpaired) electrons. The Kier molecular flexibility index (Phi) is 4.37. The standard InChI is InChI=1S/C15H17N3O3/c1-3-8-21-13-9-12(19)14(15(16)20)17-18(13)11-6-4-10(2)5-7-11/h4-7,9H,3,8H2,1-2H3,(H2,16,20). The number of carbonyl (C=O) groups excluding carboxylic acids is 1. The Bertz CT molecular complexity index is 705. The van der Waals surface area contributed by atoms with Crippen LogP contribution >= 0.6 is 0 Å². The van der Waals surface area contributed by atoms with Gasteiger partial charge in [-0.25, -0.2) is 4.68 Å². The van der Waals surface area contributed by atoms with E-state index in [4.69, 9.17) is 10.5 Å². The molecule has 0 unspecified atom stereocenters. The van der Waals surface area contributed by atoms with Crippen LogP contribution in [0.1, 0.15) is 29.4 Å². The van der Waals surface area contributed by atoms with Crippen LogP contribution < -0.4 is 15.9 Å². The van der Waals surface area contributed by atoms with Gasteiger partial charge in [0.05, 0.1) is 18.4 Å². The summed E-state index contributed by atoms with van der Waals surface area (Å²) < 4.78 is 6.95. The Morgan fingerprint density at radius 3 is 2.57 bits per heavy atom. The third kappa shape index (κ3) is 3.28. The molecule has 0 fully saturated rings. The maximum Gasteiger partial charge on any atom is 0.273 e. The summed E-state index contributed by atoms with van der Waals surface area (Å²) in [5.74, 6) is -0.571. The normalized spacial score (nSPS) is 10.4. The molecule has 0 aliphatic rings. The van der Waals surface area contributed by atoms with Gasteiger partial charge >= 0.3 is 0 Å². The van der Waals surface area contributed by atoms with Gasteiger partial charge in [0, 0.05) is 0 Å². The second-order valence-corrected chi connectivity index (χ2v) is 4.66. The SMILES string of the molecule is CCCOc1cc(=O)c(C(N)=O)nn1-c1ccc(C)cc1. The number of primary amides is 1. The van der Waals surface area contributed by atoms with Gasteiger partial charge in [0.15, 0.2) is 5.69 Å². The molecule has 0 bridgehead atoms. The monoisotopic (exact) mass is 287 g/mol. The van der Waals surface area contributed by atoms with E-state index in [0.717, 1.165) is 12.0 Å².